The molecule has 0 atom stereocenters. The van der Waals surface area contributed by atoms with Crippen LogP contribution in [0.25, 0.3) is 0 Å². The second-order valence-electron chi connectivity index (χ2n) is 7.81. The molecule has 1 aromatic heterocycles. The second-order valence-corrected chi connectivity index (χ2v) is 11.1. The molecule has 0 radical (unpaired) electrons. The molecule has 0 bridgehead atoms. The number of hydrogen-bond acceptors (Lipinski definition) is 8. The van der Waals surface area contributed by atoms with Gasteiger partial charge in [0.1, 0.15) is 11.5 Å². The number of carbonyl (C=O) groups is 1. The standard InChI is InChI=1S/C22H27NO7S2/c1-15-13-18(24)20(26)21(30-15)22(7-10-31-11-8-22)14-19(25)23-9-12-32(27,28)17-5-3-16(29-2)4-6-17/h3-6,13,26H,7-12,14H2,1-2H3,(H,23,25). The van der Waals surface area contributed by atoms with Crippen LogP contribution in [0.5, 0.6) is 11.5 Å². The maximum atomic E-state index is 12.7. The number of aromatic hydroxyl groups is 1. The zero-order valence-electron chi connectivity index (χ0n) is 18.0. The Labute approximate surface area is 191 Å². The van der Waals surface area contributed by atoms with E-state index in [4.69, 9.17) is 9.15 Å². The van der Waals surface area contributed by atoms with Crippen molar-refractivity contribution in [2.45, 2.75) is 36.5 Å². The third-order valence-corrected chi connectivity index (χ3v) is 8.31. The van der Waals surface area contributed by atoms with Crippen LogP contribution in [0.2, 0.25) is 0 Å². The summed E-state index contributed by atoms with van der Waals surface area (Å²) in [6, 6.07) is 7.28. The van der Waals surface area contributed by atoms with E-state index in [2.05, 4.69) is 5.32 Å². The molecular formula is C22H27NO7S2. The summed E-state index contributed by atoms with van der Waals surface area (Å²) in [5, 5.41) is 13.0. The summed E-state index contributed by atoms with van der Waals surface area (Å²) in [5.41, 5.74) is -1.34. The Morgan fingerprint density at radius 1 is 1.25 bits per heavy atom. The fourth-order valence-electron chi connectivity index (χ4n) is 3.80. The molecule has 2 heterocycles. The van der Waals surface area contributed by atoms with Crippen LogP contribution >= 0.6 is 11.8 Å². The maximum Gasteiger partial charge on any atom is 0.227 e. The number of methoxy groups -OCH3 is 1. The summed E-state index contributed by atoms with van der Waals surface area (Å²) in [5.74, 6) is 1.52. The van der Waals surface area contributed by atoms with E-state index in [1.54, 1.807) is 30.8 Å². The summed E-state index contributed by atoms with van der Waals surface area (Å²) in [4.78, 5) is 25.0. The molecular weight excluding hydrogens is 454 g/mol. The average molecular weight is 482 g/mol. The van der Waals surface area contributed by atoms with E-state index in [0.29, 0.717) is 24.4 Å². The summed E-state index contributed by atoms with van der Waals surface area (Å²) >= 11 is 1.73. The van der Waals surface area contributed by atoms with Crippen LogP contribution in [0.15, 0.2) is 44.4 Å². The molecule has 3 rings (SSSR count). The molecule has 1 aromatic carbocycles. The van der Waals surface area contributed by atoms with E-state index < -0.39 is 26.4 Å². The highest BCUT2D eigenvalue weighted by Gasteiger charge is 2.41. The Kier molecular flexibility index (Phi) is 7.55. The number of amides is 1. The Bertz CT molecular complexity index is 1120. The number of carbonyl (C=O) groups excluding carboxylic acids is 1. The molecule has 0 aliphatic carbocycles. The molecule has 1 fully saturated rings. The van der Waals surface area contributed by atoms with Crippen molar-refractivity contribution in [1.82, 2.24) is 5.32 Å². The molecule has 32 heavy (non-hydrogen) atoms. The van der Waals surface area contributed by atoms with E-state index in [9.17, 15) is 23.1 Å². The van der Waals surface area contributed by atoms with Crippen LogP contribution < -0.4 is 15.5 Å². The van der Waals surface area contributed by atoms with E-state index in [1.807, 2.05) is 0 Å². The number of nitrogens with one attached hydrogen (secondary N) is 1. The van der Waals surface area contributed by atoms with Crippen molar-refractivity contribution in [2.24, 2.45) is 0 Å². The Morgan fingerprint density at radius 3 is 2.53 bits per heavy atom. The summed E-state index contributed by atoms with van der Waals surface area (Å²) in [6.07, 6.45) is 1.13. The van der Waals surface area contributed by atoms with Crippen LogP contribution in [-0.2, 0) is 20.0 Å². The second kappa shape index (κ2) is 9.99. The van der Waals surface area contributed by atoms with E-state index in [1.165, 1.54) is 25.3 Å². The Balaban J connectivity index is 1.69. The monoisotopic (exact) mass is 481 g/mol. The highest BCUT2D eigenvalue weighted by Crippen LogP contribution is 2.43. The van der Waals surface area contributed by atoms with Crippen molar-refractivity contribution < 1.29 is 27.5 Å². The number of benzene rings is 1. The molecule has 1 aliphatic rings. The minimum absolute atomic E-state index is 0.00387. The van der Waals surface area contributed by atoms with Gasteiger partial charge in [-0.25, -0.2) is 8.42 Å². The van der Waals surface area contributed by atoms with Gasteiger partial charge in [-0.3, -0.25) is 9.59 Å². The summed E-state index contributed by atoms with van der Waals surface area (Å²) in [7, 11) is -2.07. The van der Waals surface area contributed by atoms with E-state index in [0.717, 1.165) is 11.5 Å². The van der Waals surface area contributed by atoms with Gasteiger partial charge in [0.05, 0.1) is 17.8 Å². The van der Waals surface area contributed by atoms with E-state index in [-0.39, 0.29) is 35.3 Å². The largest absolute Gasteiger partial charge is 0.502 e. The lowest BCUT2D eigenvalue weighted by atomic mass is 9.75. The molecule has 0 spiro atoms. The highest BCUT2D eigenvalue weighted by atomic mass is 32.2. The lowest BCUT2D eigenvalue weighted by Gasteiger charge is -2.35. The van der Waals surface area contributed by atoms with Gasteiger partial charge >= 0.3 is 0 Å². The van der Waals surface area contributed by atoms with Crippen molar-refractivity contribution in [3.8, 4) is 11.5 Å². The predicted octanol–water partition coefficient (Wildman–Crippen LogP) is 2.41. The SMILES string of the molecule is COc1ccc(S(=O)(=O)CCNC(=O)CC2(c3oc(C)cc(=O)c3O)CCSCC2)cc1. The predicted molar refractivity (Wildman–Crippen MR) is 122 cm³/mol. The normalized spacial score (nSPS) is 15.8. The van der Waals surface area contributed by atoms with Crippen molar-refractivity contribution in [3.05, 3.63) is 52.1 Å². The van der Waals surface area contributed by atoms with Crippen molar-refractivity contribution >= 4 is 27.5 Å². The van der Waals surface area contributed by atoms with Crippen LogP contribution in [-0.4, -0.2) is 50.3 Å². The van der Waals surface area contributed by atoms with Gasteiger partial charge in [0, 0.05) is 24.4 Å². The van der Waals surface area contributed by atoms with Crippen LogP contribution in [0.3, 0.4) is 0 Å². The number of aryl methyl sites for hydroxylation is 1. The van der Waals surface area contributed by atoms with Gasteiger partial charge in [-0.1, -0.05) is 0 Å². The maximum absolute atomic E-state index is 12.7. The Morgan fingerprint density at radius 2 is 1.91 bits per heavy atom. The van der Waals surface area contributed by atoms with Gasteiger partial charge in [0.2, 0.25) is 17.1 Å². The van der Waals surface area contributed by atoms with Gasteiger partial charge in [-0.15, -0.1) is 0 Å². The third-order valence-electron chi connectivity index (χ3n) is 5.59. The molecule has 2 N–H and O–H groups in total. The first-order valence-electron chi connectivity index (χ1n) is 10.2. The summed E-state index contributed by atoms with van der Waals surface area (Å²) in [6.45, 7) is 1.57. The first kappa shape index (κ1) is 24.2. The van der Waals surface area contributed by atoms with Gasteiger partial charge in [-0.05, 0) is 55.5 Å². The van der Waals surface area contributed by atoms with Crippen molar-refractivity contribution in [3.63, 3.8) is 0 Å². The van der Waals surface area contributed by atoms with Gasteiger partial charge in [-0.2, -0.15) is 11.8 Å². The topological polar surface area (TPSA) is 123 Å². The molecule has 8 nitrogen and oxygen atoms in total. The lowest BCUT2D eigenvalue weighted by molar-refractivity contribution is -0.122. The quantitative estimate of drug-likeness (QED) is 0.589. The number of ether oxygens (including phenoxy) is 1. The molecule has 0 saturated carbocycles. The molecule has 1 amide bonds. The minimum Gasteiger partial charge on any atom is -0.502 e. The van der Waals surface area contributed by atoms with Crippen LogP contribution in [0.1, 0.15) is 30.8 Å². The molecule has 2 aromatic rings. The number of hydrogen-bond donors (Lipinski definition) is 2. The number of thioether (sulfide) groups is 1. The third kappa shape index (κ3) is 5.47. The Hall–Kier alpha value is -2.46. The van der Waals surface area contributed by atoms with E-state index >= 15 is 0 Å². The molecule has 1 aliphatic heterocycles. The fourth-order valence-corrected chi connectivity index (χ4v) is 6.24. The minimum atomic E-state index is -3.57. The van der Waals surface area contributed by atoms with Crippen molar-refractivity contribution in [1.29, 1.82) is 0 Å². The van der Waals surface area contributed by atoms with Gasteiger partial charge < -0.3 is 19.6 Å². The molecule has 1 saturated heterocycles. The van der Waals surface area contributed by atoms with Gasteiger partial charge in [0.25, 0.3) is 0 Å². The number of rotatable bonds is 8. The average Bonchev–Trinajstić information content (AvgIpc) is 2.76. The van der Waals surface area contributed by atoms with Crippen LogP contribution in [0.4, 0.5) is 0 Å². The highest BCUT2D eigenvalue weighted by molar-refractivity contribution is 7.99. The van der Waals surface area contributed by atoms with Gasteiger partial charge in [0.15, 0.2) is 15.6 Å². The molecule has 0 unspecified atom stereocenters. The summed E-state index contributed by atoms with van der Waals surface area (Å²) < 4.78 is 35.8. The smallest absolute Gasteiger partial charge is 0.227 e. The fraction of sp³-hybridized carbons (Fsp3) is 0.455. The lowest BCUT2D eigenvalue weighted by Crippen LogP contribution is -2.39. The zero-order valence-corrected chi connectivity index (χ0v) is 19.7. The van der Waals surface area contributed by atoms with Crippen LogP contribution in [0, 0.1) is 6.92 Å². The van der Waals surface area contributed by atoms with Crippen molar-refractivity contribution in [2.75, 3.05) is 30.9 Å². The zero-order chi connectivity index (χ0) is 23.4. The first-order valence-corrected chi connectivity index (χ1v) is 13.0. The molecule has 10 heteroatoms. The first-order chi connectivity index (χ1) is 15.2. The molecule has 174 valence electrons. The number of sulfone groups is 1.